The maximum atomic E-state index is 13.0. The molecule has 1 N–H and O–H groups in total. The summed E-state index contributed by atoms with van der Waals surface area (Å²) in [6, 6.07) is 9.17. The second kappa shape index (κ2) is 7.84. The van der Waals surface area contributed by atoms with E-state index in [1.807, 2.05) is 24.3 Å². The number of thioether (sulfide) groups is 1. The first kappa shape index (κ1) is 20.0. The van der Waals surface area contributed by atoms with Gasteiger partial charge in [0.25, 0.3) is 0 Å². The highest BCUT2D eigenvalue weighted by molar-refractivity contribution is 9.10. The van der Waals surface area contributed by atoms with Crippen molar-refractivity contribution in [2.75, 3.05) is 4.90 Å². The fraction of sp³-hybridized carbons (Fsp3) is 0.167. The van der Waals surface area contributed by atoms with Crippen LogP contribution in [0, 0.1) is 0 Å². The number of hydrogen-bond donors (Lipinski definition) is 1. The molecule has 0 aliphatic carbocycles. The summed E-state index contributed by atoms with van der Waals surface area (Å²) in [6.45, 7) is 0.228. The molecule has 1 aromatic heterocycles. The molecule has 1 aliphatic rings. The maximum Gasteiger partial charge on any atom is 0.305 e. The van der Waals surface area contributed by atoms with Gasteiger partial charge in [-0.25, -0.2) is 4.98 Å². The Morgan fingerprint density at radius 1 is 1.29 bits per heavy atom. The van der Waals surface area contributed by atoms with Crippen molar-refractivity contribution in [3.63, 3.8) is 0 Å². The standard InChI is InChI=1S/C18H11BrCl2N2O3S2/c19-8-1-3-11-10(5-8)23(18(26)13(27-11)6-15(24)25)7-14-22-17-12(28-14)4-2-9(20)16(17)21/h1-5,13H,6-7H2,(H,24,25). The average Bonchev–Trinajstić information content (AvgIpc) is 3.05. The van der Waals surface area contributed by atoms with Gasteiger partial charge in [0.15, 0.2) is 0 Å². The zero-order chi connectivity index (χ0) is 20.0. The summed E-state index contributed by atoms with van der Waals surface area (Å²) in [7, 11) is 0. The minimum absolute atomic E-state index is 0.228. The van der Waals surface area contributed by atoms with Gasteiger partial charge < -0.3 is 10.0 Å². The number of halogens is 3. The number of rotatable bonds is 4. The van der Waals surface area contributed by atoms with Gasteiger partial charge in [0, 0.05) is 9.37 Å². The predicted octanol–water partition coefficient (Wildman–Crippen LogP) is 5.85. The molecule has 5 nitrogen and oxygen atoms in total. The Balaban J connectivity index is 1.74. The topological polar surface area (TPSA) is 70.5 Å². The Morgan fingerprint density at radius 2 is 2.07 bits per heavy atom. The number of fused-ring (bicyclic) bond motifs is 2. The first-order chi connectivity index (χ1) is 13.3. The van der Waals surface area contributed by atoms with E-state index in [1.165, 1.54) is 23.1 Å². The number of aromatic nitrogens is 1. The van der Waals surface area contributed by atoms with E-state index in [9.17, 15) is 14.7 Å². The fourth-order valence-electron chi connectivity index (χ4n) is 2.93. The third-order valence-electron chi connectivity index (χ3n) is 4.17. The molecule has 3 aromatic rings. The van der Waals surface area contributed by atoms with Crippen LogP contribution >= 0.6 is 62.2 Å². The molecule has 0 bridgehead atoms. The second-order valence-corrected chi connectivity index (χ2v) is 10.1. The Hall–Kier alpha value is -1.32. The number of aliphatic carboxylic acids is 1. The van der Waals surface area contributed by atoms with E-state index in [0.717, 1.165) is 19.8 Å². The molecule has 1 aliphatic heterocycles. The number of nitrogens with zero attached hydrogens (tertiary/aromatic N) is 2. The van der Waals surface area contributed by atoms with Gasteiger partial charge in [-0.05, 0) is 30.3 Å². The van der Waals surface area contributed by atoms with Crippen LogP contribution in [0.15, 0.2) is 39.7 Å². The van der Waals surface area contributed by atoms with Crippen LogP contribution in [0.5, 0.6) is 0 Å². The van der Waals surface area contributed by atoms with Gasteiger partial charge in [0.2, 0.25) is 5.91 Å². The highest BCUT2D eigenvalue weighted by atomic mass is 79.9. The van der Waals surface area contributed by atoms with Gasteiger partial charge in [-0.15, -0.1) is 23.1 Å². The van der Waals surface area contributed by atoms with Crippen molar-refractivity contribution in [3.8, 4) is 0 Å². The van der Waals surface area contributed by atoms with Crippen LogP contribution in [-0.2, 0) is 16.1 Å². The van der Waals surface area contributed by atoms with Crippen LogP contribution in [0.3, 0.4) is 0 Å². The quantitative estimate of drug-likeness (QED) is 0.470. The smallest absolute Gasteiger partial charge is 0.305 e. The number of carboxylic acids is 1. The van der Waals surface area contributed by atoms with E-state index in [0.29, 0.717) is 20.6 Å². The molecular formula is C18H11BrCl2N2O3S2. The number of thiazole rings is 1. The van der Waals surface area contributed by atoms with E-state index >= 15 is 0 Å². The van der Waals surface area contributed by atoms with Crippen molar-refractivity contribution in [2.45, 2.75) is 23.1 Å². The predicted molar refractivity (Wildman–Crippen MR) is 117 cm³/mol. The summed E-state index contributed by atoms with van der Waals surface area (Å²) in [5.41, 5.74) is 1.33. The largest absolute Gasteiger partial charge is 0.481 e. The summed E-state index contributed by atoms with van der Waals surface area (Å²) in [4.78, 5) is 31.2. The SMILES string of the molecule is O=C(O)CC1Sc2ccc(Br)cc2N(Cc2nc3c(Cl)c(Cl)ccc3s2)C1=O. The minimum atomic E-state index is -1.01. The zero-order valence-corrected chi connectivity index (χ0v) is 18.7. The normalized spacial score (nSPS) is 16.5. The van der Waals surface area contributed by atoms with Crippen molar-refractivity contribution in [1.82, 2.24) is 4.98 Å². The zero-order valence-electron chi connectivity index (χ0n) is 14.0. The van der Waals surface area contributed by atoms with Gasteiger partial charge in [-0.3, -0.25) is 9.59 Å². The van der Waals surface area contributed by atoms with Gasteiger partial charge in [-0.1, -0.05) is 39.1 Å². The van der Waals surface area contributed by atoms with Crippen LogP contribution in [0.25, 0.3) is 10.2 Å². The molecule has 144 valence electrons. The summed E-state index contributed by atoms with van der Waals surface area (Å²) in [5, 5.41) is 9.99. The van der Waals surface area contributed by atoms with E-state index in [-0.39, 0.29) is 18.9 Å². The van der Waals surface area contributed by atoms with Crippen LogP contribution in [0.2, 0.25) is 10.0 Å². The van der Waals surface area contributed by atoms with E-state index in [1.54, 1.807) is 11.0 Å². The Labute approximate surface area is 186 Å². The molecule has 0 radical (unpaired) electrons. The van der Waals surface area contributed by atoms with Crippen molar-refractivity contribution >= 4 is 90.0 Å². The lowest BCUT2D eigenvalue weighted by molar-refractivity contribution is -0.138. The van der Waals surface area contributed by atoms with Gasteiger partial charge >= 0.3 is 5.97 Å². The number of anilines is 1. The molecule has 10 heteroatoms. The molecule has 2 heterocycles. The lowest BCUT2D eigenvalue weighted by Crippen LogP contribution is -2.41. The van der Waals surface area contributed by atoms with Crippen molar-refractivity contribution in [1.29, 1.82) is 0 Å². The molecule has 0 fully saturated rings. The molecule has 0 saturated heterocycles. The fourth-order valence-corrected chi connectivity index (χ4v) is 5.86. The second-order valence-electron chi connectivity index (χ2n) is 6.06. The van der Waals surface area contributed by atoms with Crippen LogP contribution in [0.1, 0.15) is 11.4 Å². The summed E-state index contributed by atoms with van der Waals surface area (Å²) in [5.74, 6) is -1.26. The lowest BCUT2D eigenvalue weighted by atomic mass is 10.2. The monoisotopic (exact) mass is 516 g/mol. The molecule has 1 atom stereocenters. The summed E-state index contributed by atoms with van der Waals surface area (Å²) in [6.07, 6.45) is -0.239. The average molecular weight is 518 g/mol. The Morgan fingerprint density at radius 3 is 2.82 bits per heavy atom. The number of hydrogen-bond acceptors (Lipinski definition) is 5. The number of benzene rings is 2. The maximum absolute atomic E-state index is 13.0. The van der Waals surface area contributed by atoms with Crippen LogP contribution in [-0.4, -0.2) is 27.2 Å². The van der Waals surface area contributed by atoms with E-state index < -0.39 is 11.2 Å². The van der Waals surface area contributed by atoms with Gasteiger partial charge in [-0.2, -0.15) is 0 Å². The Kier molecular flexibility index (Phi) is 5.59. The van der Waals surface area contributed by atoms with Gasteiger partial charge in [0.05, 0.1) is 38.6 Å². The van der Waals surface area contributed by atoms with E-state index in [2.05, 4.69) is 20.9 Å². The molecule has 0 spiro atoms. The summed E-state index contributed by atoms with van der Waals surface area (Å²) >= 11 is 18.5. The highest BCUT2D eigenvalue weighted by Gasteiger charge is 2.35. The number of carbonyl (C=O) groups excluding carboxylic acids is 1. The molecular weight excluding hydrogens is 507 g/mol. The number of carboxylic acid groups (broad SMARTS) is 1. The molecule has 2 aromatic carbocycles. The third kappa shape index (κ3) is 3.76. The summed E-state index contributed by atoms with van der Waals surface area (Å²) < 4.78 is 1.71. The highest BCUT2D eigenvalue weighted by Crippen LogP contribution is 2.43. The van der Waals surface area contributed by atoms with Crippen LogP contribution in [0.4, 0.5) is 5.69 Å². The first-order valence-electron chi connectivity index (χ1n) is 8.06. The van der Waals surface area contributed by atoms with Gasteiger partial charge in [0.1, 0.15) is 10.5 Å². The van der Waals surface area contributed by atoms with E-state index in [4.69, 9.17) is 23.2 Å². The number of carbonyl (C=O) groups is 2. The van der Waals surface area contributed by atoms with Crippen LogP contribution < -0.4 is 4.90 Å². The van der Waals surface area contributed by atoms with Crippen molar-refractivity contribution in [3.05, 3.63) is 49.9 Å². The van der Waals surface area contributed by atoms with Crippen molar-refractivity contribution in [2.24, 2.45) is 0 Å². The first-order valence-corrected chi connectivity index (χ1v) is 11.3. The molecule has 0 saturated carbocycles. The minimum Gasteiger partial charge on any atom is -0.481 e. The molecule has 4 rings (SSSR count). The number of amides is 1. The molecule has 1 unspecified atom stereocenters. The molecule has 1 amide bonds. The third-order valence-corrected chi connectivity index (χ3v) is 7.72. The van der Waals surface area contributed by atoms with Crippen molar-refractivity contribution < 1.29 is 14.7 Å². The Bertz CT molecular complexity index is 1120. The molecule has 28 heavy (non-hydrogen) atoms. The lowest BCUT2D eigenvalue weighted by Gasteiger charge is -2.32.